The zero-order chi connectivity index (χ0) is 9.64. The Morgan fingerprint density at radius 3 is 2.38 bits per heavy atom. The van der Waals surface area contributed by atoms with Crippen LogP contribution in [0.1, 0.15) is 20.8 Å². The quantitative estimate of drug-likeness (QED) is 0.612. The summed E-state index contributed by atoms with van der Waals surface area (Å²) in [6.07, 6.45) is -0.339. The maximum Gasteiger partial charge on any atom is 0.186 e. The SMILES string of the molecule is COC1O[C@H](C)C2OC(C)(C)O[C@H]12. The highest BCUT2D eigenvalue weighted by molar-refractivity contribution is 4.93. The lowest BCUT2D eigenvalue weighted by Gasteiger charge is -2.22. The molecule has 0 N–H and O–H groups in total. The topological polar surface area (TPSA) is 36.9 Å². The molecule has 0 radical (unpaired) electrons. The maximum atomic E-state index is 5.69. The molecule has 2 aliphatic rings. The van der Waals surface area contributed by atoms with Crippen molar-refractivity contribution in [2.75, 3.05) is 7.11 Å². The second kappa shape index (κ2) is 2.92. The Balaban J connectivity index is 2.12. The number of hydrogen-bond acceptors (Lipinski definition) is 4. The first-order valence-corrected chi connectivity index (χ1v) is 4.57. The second-order valence-electron chi connectivity index (χ2n) is 4.01. The maximum absolute atomic E-state index is 5.69. The highest BCUT2D eigenvalue weighted by Gasteiger charge is 2.53. The Bertz CT molecular complexity index is 204. The van der Waals surface area contributed by atoms with Gasteiger partial charge in [0.25, 0.3) is 0 Å². The standard InChI is InChI=1S/C9H16O4/c1-5-6-7(8(10-4)11-5)13-9(2,3)12-6/h5-8H,1-4H3/t5-,6?,7+,8?/m1/s1. The molecule has 4 atom stereocenters. The van der Waals surface area contributed by atoms with Gasteiger partial charge in [-0.25, -0.2) is 0 Å². The summed E-state index contributed by atoms with van der Waals surface area (Å²) in [5, 5.41) is 0. The number of rotatable bonds is 1. The summed E-state index contributed by atoms with van der Waals surface area (Å²) >= 11 is 0. The van der Waals surface area contributed by atoms with Crippen molar-refractivity contribution >= 4 is 0 Å². The minimum atomic E-state index is -0.510. The van der Waals surface area contributed by atoms with Crippen molar-refractivity contribution in [3.05, 3.63) is 0 Å². The van der Waals surface area contributed by atoms with E-state index in [1.54, 1.807) is 7.11 Å². The summed E-state index contributed by atoms with van der Waals surface area (Å²) in [6, 6.07) is 0. The zero-order valence-corrected chi connectivity index (χ0v) is 8.44. The Hall–Kier alpha value is -0.160. The lowest BCUT2D eigenvalue weighted by atomic mass is 10.2. The number of fused-ring (bicyclic) bond motifs is 1. The molecule has 2 aliphatic heterocycles. The molecule has 2 heterocycles. The molecule has 0 aliphatic carbocycles. The number of ether oxygens (including phenoxy) is 4. The minimum Gasteiger partial charge on any atom is -0.353 e. The molecule has 0 aromatic rings. The fourth-order valence-electron chi connectivity index (χ4n) is 1.95. The van der Waals surface area contributed by atoms with Gasteiger partial charge in [-0.05, 0) is 20.8 Å². The van der Waals surface area contributed by atoms with Gasteiger partial charge in [-0.2, -0.15) is 0 Å². The predicted octanol–water partition coefficient (Wildman–Crippen LogP) is 0.898. The van der Waals surface area contributed by atoms with E-state index >= 15 is 0 Å². The first kappa shape index (κ1) is 9.40. The molecule has 0 aromatic carbocycles. The van der Waals surface area contributed by atoms with Gasteiger partial charge in [0.2, 0.25) is 0 Å². The molecule has 0 aromatic heterocycles. The van der Waals surface area contributed by atoms with Gasteiger partial charge in [-0.15, -0.1) is 0 Å². The van der Waals surface area contributed by atoms with Crippen LogP contribution in [0.2, 0.25) is 0 Å². The summed E-state index contributed by atoms with van der Waals surface area (Å²) in [4.78, 5) is 0. The van der Waals surface area contributed by atoms with Crippen molar-refractivity contribution in [2.45, 2.75) is 51.2 Å². The van der Waals surface area contributed by atoms with Gasteiger partial charge in [0.1, 0.15) is 12.2 Å². The first-order chi connectivity index (χ1) is 6.03. The second-order valence-corrected chi connectivity index (χ2v) is 4.01. The van der Waals surface area contributed by atoms with Crippen LogP contribution in [0.5, 0.6) is 0 Å². The molecule has 0 saturated carbocycles. The average molecular weight is 188 g/mol. The molecule has 0 spiro atoms. The summed E-state index contributed by atoms with van der Waals surface area (Å²) in [7, 11) is 1.62. The van der Waals surface area contributed by atoms with Crippen LogP contribution < -0.4 is 0 Å². The predicted molar refractivity (Wildman–Crippen MR) is 45.2 cm³/mol. The van der Waals surface area contributed by atoms with Crippen molar-refractivity contribution in [1.29, 1.82) is 0 Å². The average Bonchev–Trinajstić information content (AvgIpc) is 2.47. The van der Waals surface area contributed by atoms with E-state index in [1.165, 1.54) is 0 Å². The molecule has 0 amide bonds. The van der Waals surface area contributed by atoms with E-state index in [0.717, 1.165) is 0 Å². The van der Waals surface area contributed by atoms with Crippen LogP contribution in [0.25, 0.3) is 0 Å². The smallest absolute Gasteiger partial charge is 0.186 e. The summed E-state index contributed by atoms with van der Waals surface area (Å²) in [6.45, 7) is 5.79. The van der Waals surface area contributed by atoms with Crippen LogP contribution in [0, 0.1) is 0 Å². The van der Waals surface area contributed by atoms with Gasteiger partial charge >= 0.3 is 0 Å². The van der Waals surface area contributed by atoms with Gasteiger partial charge < -0.3 is 18.9 Å². The van der Waals surface area contributed by atoms with Crippen LogP contribution in [-0.2, 0) is 18.9 Å². The van der Waals surface area contributed by atoms with Crippen molar-refractivity contribution in [3.63, 3.8) is 0 Å². The zero-order valence-electron chi connectivity index (χ0n) is 8.44. The van der Waals surface area contributed by atoms with E-state index in [9.17, 15) is 0 Å². The molecule has 2 saturated heterocycles. The number of methoxy groups -OCH3 is 1. The third kappa shape index (κ3) is 1.48. The van der Waals surface area contributed by atoms with Crippen LogP contribution in [-0.4, -0.2) is 37.5 Å². The van der Waals surface area contributed by atoms with Crippen LogP contribution in [0.3, 0.4) is 0 Å². The van der Waals surface area contributed by atoms with E-state index in [2.05, 4.69) is 0 Å². The Morgan fingerprint density at radius 1 is 1.15 bits per heavy atom. The number of hydrogen-bond donors (Lipinski definition) is 0. The van der Waals surface area contributed by atoms with Gasteiger partial charge in [-0.1, -0.05) is 0 Å². The highest BCUT2D eigenvalue weighted by Crippen LogP contribution is 2.38. The summed E-state index contributed by atoms with van der Waals surface area (Å²) in [5.41, 5.74) is 0. The normalized spacial score (nSPS) is 48.0. The Labute approximate surface area is 78.1 Å². The van der Waals surface area contributed by atoms with Gasteiger partial charge in [0.05, 0.1) is 6.10 Å². The van der Waals surface area contributed by atoms with Gasteiger partial charge in [0.15, 0.2) is 12.1 Å². The monoisotopic (exact) mass is 188 g/mol. The third-order valence-corrected chi connectivity index (χ3v) is 2.48. The molecular formula is C9H16O4. The van der Waals surface area contributed by atoms with E-state index < -0.39 is 5.79 Å². The lowest BCUT2D eigenvalue weighted by Crippen LogP contribution is -2.30. The Morgan fingerprint density at radius 2 is 1.77 bits per heavy atom. The minimum absolute atomic E-state index is 0.0000463. The highest BCUT2D eigenvalue weighted by atomic mass is 16.8. The van der Waals surface area contributed by atoms with E-state index in [1.807, 2.05) is 20.8 Å². The molecule has 76 valence electrons. The van der Waals surface area contributed by atoms with Crippen molar-refractivity contribution < 1.29 is 18.9 Å². The van der Waals surface area contributed by atoms with E-state index in [0.29, 0.717) is 0 Å². The van der Waals surface area contributed by atoms with E-state index in [4.69, 9.17) is 18.9 Å². The van der Waals surface area contributed by atoms with Crippen molar-refractivity contribution in [3.8, 4) is 0 Å². The van der Waals surface area contributed by atoms with Gasteiger partial charge in [0, 0.05) is 7.11 Å². The molecule has 4 heteroatoms. The van der Waals surface area contributed by atoms with Crippen LogP contribution in [0.4, 0.5) is 0 Å². The molecule has 2 fully saturated rings. The van der Waals surface area contributed by atoms with E-state index in [-0.39, 0.29) is 24.6 Å². The largest absolute Gasteiger partial charge is 0.353 e. The molecule has 2 unspecified atom stereocenters. The molecular weight excluding hydrogens is 172 g/mol. The lowest BCUT2D eigenvalue weighted by molar-refractivity contribution is -0.224. The third-order valence-electron chi connectivity index (χ3n) is 2.48. The van der Waals surface area contributed by atoms with Crippen molar-refractivity contribution in [2.24, 2.45) is 0 Å². The molecule has 13 heavy (non-hydrogen) atoms. The van der Waals surface area contributed by atoms with Crippen LogP contribution in [0.15, 0.2) is 0 Å². The Kier molecular flexibility index (Phi) is 2.11. The first-order valence-electron chi connectivity index (χ1n) is 4.57. The summed E-state index contributed by atoms with van der Waals surface area (Å²) in [5.74, 6) is -0.510. The van der Waals surface area contributed by atoms with Gasteiger partial charge in [-0.3, -0.25) is 0 Å². The fraction of sp³-hybridized carbons (Fsp3) is 1.00. The van der Waals surface area contributed by atoms with Crippen molar-refractivity contribution in [1.82, 2.24) is 0 Å². The molecule has 4 nitrogen and oxygen atoms in total. The fourth-order valence-corrected chi connectivity index (χ4v) is 1.95. The summed E-state index contributed by atoms with van der Waals surface area (Å²) < 4.78 is 22.0. The molecule has 2 rings (SSSR count). The molecule has 0 bridgehead atoms. The van der Waals surface area contributed by atoms with Crippen LogP contribution >= 0.6 is 0 Å².